The van der Waals surface area contributed by atoms with Crippen molar-refractivity contribution in [3.05, 3.63) is 146 Å². The van der Waals surface area contributed by atoms with Gasteiger partial charge in [-0.3, -0.25) is 29.9 Å². The van der Waals surface area contributed by atoms with E-state index in [1.807, 2.05) is 111 Å². The van der Waals surface area contributed by atoms with Crippen molar-refractivity contribution in [1.82, 2.24) is 29.9 Å². The van der Waals surface area contributed by atoms with Crippen LogP contribution in [0.2, 0.25) is 0 Å². The highest BCUT2D eigenvalue weighted by molar-refractivity contribution is 5.93. The predicted octanol–water partition coefficient (Wildman–Crippen LogP) is 8.98. The Morgan fingerprint density at radius 2 is 0.533 bits per heavy atom. The molecule has 0 saturated carbocycles. The Balaban J connectivity index is 1.49. The van der Waals surface area contributed by atoms with E-state index in [1.165, 1.54) is 16.7 Å². The van der Waals surface area contributed by atoms with E-state index in [2.05, 4.69) is 53.9 Å². The van der Waals surface area contributed by atoms with E-state index in [0.29, 0.717) is 0 Å². The quantitative estimate of drug-likeness (QED) is 0.195. The molecule has 0 unspecified atom stereocenters. The molecule has 0 aliphatic heterocycles. The Labute approximate surface area is 262 Å². The van der Waals surface area contributed by atoms with Crippen molar-refractivity contribution in [3.8, 4) is 66.8 Å². The molecule has 0 N–H and O–H groups in total. The lowest BCUT2D eigenvalue weighted by Gasteiger charge is -2.23. The molecule has 7 rings (SSSR count). The van der Waals surface area contributed by atoms with Gasteiger partial charge in [0.05, 0.1) is 0 Å². The highest BCUT2D eigenvalue weighted by Gasteiger charge is 2.22. The minimum Gasteiger partial charge on any atom is -0.265 e. The first-order valence-corrected chi connectivity index (χ1v) is 14.8. The third-order valence-electron chi connectivity index (χ3n) is 8.37. The number of aromatic nitrogens is 6. The van der Waals surface area contributed by atoms with Crippen LogP contribution in [0.25, 0.3) is 66.8 Å². The standard InChI is InChI=1S/C39H30N6/c1-25-37(34-16-31(19-43-22-34)28-4-10-40-11-5-28)26(2)39(36-18-33(21-45-24-36)30-8-14-42-15-9-30)27(3)38(25)35-17-32(20-44-23-35)29-6-12-41-13-7-29/h4-24H,1-3H3. The minimum absolute atomic E-state index is 1.04. The van der Waals surface area contributed by atoms with Gasteiger partial charge in [0.2, 0.25) is 0 Å². The molecule has 6 nitrogen and oxygen atoms in total. The minimum atomic E-state index is 1.04. The summed E-state index contributed by atoms with van der Waals surface area (Å²) in [5.74, 6) is 0. The van der Waals surface area contributed by atoms with Crippen LogP contribution in [0.15, 0.2) is 129 Å². The van der Waals surface area contributed by atoms with E-state index in [1.54, 1.807) is 0 Å². The van der Waals surface area contributed by atoms with Crippen LogP contribution >= 0.6 is 0 Å². The summed E-state index contributed by atoms with van der Waals surface area (Å²) in [6.07, 6.45) is 22.5. The molecule has 0 aliphatic carbocycles. The van der Waals surface area contributed by atoms with E-state index in [-0.39, 0.29) is 0 Å². The van der Waals surface area contributed by atoms with Crippen LogP contribution in [0.1, 0.15) is 16.7 Å². The van der Waals surface area contributed by atoms with Crippen LogP contribution in [0, 0.1) is 20.8 Å². The summed E-state index contributed by atoms with van der Waals surface area (Å²) in [6.45, 7) is 6.62. The molecule has 6 heteroatoms. The summed E-state index contributed by atoms with van der Waals surface area (Å²) >= 11 is 0. The van der Waals surface area contributed by atoms with Crippen LogP contribution < -0.4 is 0 Å². The molecule has 1 aromatic carbocycles. The average Bonchev–Trinajstić information content (AvgIpc) is 3.10. The molecule has 45 heavy (non-hydrogen) atoms. The number of hydrogen-bond donors (Lipinski definition) is 0. The van der Waals surface area contributed by atoms with E-state index >= 15 is 0 Å². The molecule has 0 amide bonds. The first kappa shape index (κ1) is 27.9. The van der Waals surface area contributed by atoms with Gasteiger partial charge in [-0.15, -0.1) is 0 Å². The fourth-order valence-corrected chi connectivity index (χ4v) is 6.35. The fraction of sp³-hybridized carbons (Fsp3) is 0.0769. The highest BCUT2D eigenvalue weighted by Crippen LogP contribution is 2.44. The SMILES string of the molecule is Cc1c(-c2cncc(-c3ccncc3)c2)c(C)c(-c2cncc(-c3ccncc3)c2)c(C)c1-c1cncc(-c2ccncc2)c1. The van der Waals surface area contributed by atoms with Gasteiger partial charge in [-0.05, 0) is 125 Å². The smallest absolute Gasteiger partial charge is 0.0347 e. The van der Waals surface area contributed by atoms with Gasteiger partial charge < -0.3 is 0 Å². The second-order valence-corrected chi connectivity index (χ2v) is 11.1. The van der Waals surface area contributed by atoms with E-state index in [4.69, 9.17) is 15.0 Å². The largest absolute Gasteiger partial charge is 0.265 e. The number of nitrogens with zero attached hydrogens (tertiary/aromatic N) is 6. The summed E-state index contributed by atoms with van der Waals surface area (Å²) < 4.78 is 0. The molecule has 0 bridgehead atoms. The molecule has 0 aliphatic rings. The van der Waals surface area contributed by atoms with Gasteiger partial charge in [0.25, 0.3) is 0 Å². The zero-order chi connectivity index (χ0) is 30.8. The van der Waals surface area contributed by atoms with Gasteiger partial charge >= 0.3 is 0 Å². The molecule has 6 aromatic heterocycles. The number of pyridine rings is 6. The molecule has 6 heterocycles. The summed E-state index contributed by atoms with van der Waals surface area (Å²) in [7, 11) is 0. The molecule has 0 saturated heterocycles. The van der Waals surface area contributed by atoms with Crippen molar-refractivity contribution in [1.29, 1.82) is 0 Å². The first-order chi connectivity index (χ1) is 22.1. The Kier molecular flexibility index (Phi) is 7.46. The van der Waals surface area contributed by atoms with Gasteiger partial charge in [-0.1, -0.05) is 0 Å². The highest BCUT2D eigenvalue weighted by atomic mass is 14.7. The maximum atomic E-state index is 4.70. The number of rotatable bonds is 6. The molecule has 0 spiro atoms. The Bertz CT molecular complexity index is 1860. The first-order valence-electron chi connectivity index (χ1n) is 14.8. The van der Waals surface area contributed by atoms with Crippen LogP contribution in [-0.2, 0) is 0 Å². The van der Waals surface area contributed by atoms with Gasteiger partial charge in [-0.25, -0.2) is 0 Å². The van der Waals surface area contributed by atoms with Crippen molar-refractivity contribution >= 4 is 0 Å². The van der Waals surface area contributed by atoms with Crippen molar-refractivity contribution in [2.24, 2.45) is 0 Å². The second kappa shape index (κ2) is 12.0. The van der Waals surface area contributed by atoms with E-state index in [0.717, 1.165) is 66.8 Å². The van der Waals surface area contributed by atoms with Crippen molar-refractivity contribution < 1.29 is 0 Å². The number of benzene rings is 1. The molecule has 216 valence electrons. The van der Waals surface area contributed by atoms with Crippen molar-refractivity contribution in [3.63, 3.8) is 0 Å². The lowest BCUT2D eigenvalue weighted by molar-refractivity contribution is 1.26. The fourth-order valence-electron chi connectivity index (χ4n) is 6.35. The van der Waals surface area contributed by atoms with Gasteiger partial charge in [0, 0.05) is 108 Å². The zero-order valence-corrected chi connectivity index (χ0v) is 25.3. The Morgan fingerprint density at radius 1 is 0.289 bits per heavy atom. The normalized spacial score (nSPS) is 11.0. The third kappa shape index (κ3) is 5.38. The molecular weight excluding hydrogens is 552 g/mol. The molecule has 0 atom stereocenters. The zero-order valence-electron chi connectivity index (χ0n) is 25.3. The summed E-state index contributed by atoms with van der Waals surface area (Å²) in [5, 5.41) is 0. The average molecular weight is 583 g/mol. The molecule has 7 aromatic rings. The van der Waals surface area contributed by atoms with Gasteiger partial charge in [0.15, 0.2) is 0 Å². The Morgan fingerprint density at radius 3 is 0.800 bits per heavy atom. The summed E-state index contributed by atoms with van der Waals surface area (Å²) in [6, 6.07) is 18.7. The van der Waals surface area contributed by atoms with E-state index < -0.39 is 0 Å². The molecular formula is C39H30N6. The maximum absolute atomic E-state index is 4.70. The van der Waals surface area contributed by atoms with Crippen LogP contribution in [0.3, 0.4) is 0 Å². The summed E-state index contributed by atoms with van der Waals surface area (Å²) in [5.41, 5.74) is 16.5. The molecule has 0 radical (unpaired) electrons. The van der Waals surface area contributed by atoms with E-state index in [9.17, 15) is 0 Å². The number of hydrogen-bond acceptors (Lipinski definition) is 6. The van der Waals surface area contributed by atoms with Crippen LogP contribution in [0.4, 0.5) is 0 Å². The van der Waals surface area contributed by atoms with Crippen molar-refractivity contribution in [2.45, 2.75) is 20.8 Å². The Hall–Kier alpha value is -5.88. The van der Waals surface area contributed by atoms with Crippen molar-refractivity contribution in [2.75, 3.05) is 0 Å². The van der Waals surface area contributed by atoms with Gasteiger partial charge in [0.1, 0.15) is 0 Å². The molecule has 0 fully saturated rings. The van der Waals surface area contributed by atoms with Crippen LogP contribution in [0.5, 0.6) is 0 Å². The second-order valence-electron chi connectivity index (χ2n) is 11.1. The van der Waals surface area contributed by atoms with Crippen LogP contribution in [-0.4, -0.2) is 29.9 Å². The third-order valence-corrected chi connectivity index (χ3v) is 8.37. The van der Waals surface area contributed by atoms with Gasteiger partial charge in [-0.2, -0.15) is 0 Å². The topological polar surface area (TPSA) is 77.3 Å². The monoisotopic (exact) mass is 582 g/mol. The lowest BCUT2D eigenvalue weighted by atomic mass is 9.81. The summed E-state index contributed by atoms with van der Waals surface area (Å²) in [4.78, 5) is 26.7. The lowest BCUT2D eigenvalue weighted by Crippen LogP contribution is -2.02. The maximum Gasteiger partial charge on any atom is 0.0347 e. The predicted molar refractivity (Wildman–Crippen MR) is 180 cm³/mol.